The van der Waals surface area contributed by atoms with Crippen LogP contribution < -0.4 is 0 Å². The summed E-state index contributed by atoms with van der Waals surface area (Å²) < 4.78 is 15.4. The van der Waals surface area contributed by atoms with Crippen molar-refractivity contribution in [1.29, 1.82) is 0 Å². The third kappa shape index (κ3) is 4.94. The van der Waals surface area contributed by atoms with Crippen molar-refractivity contribution >= 4 is 65.7 Å². The molecule has 57 heavy (non-hydrogen) atoms. The fraction of sp³-hybridized carbons (Fsp3) is 0. The quantitative estimate of drug-likeness (QED) is 0.176. The average Bonchev–Trinajstić information content (AvgIpc) is 3.96. The average molecular weight is 731 g/mol. The maximum absolute atomic E-state index is 6.78. The normalized spacial score (nSPS) is 11.9. The monoisotopic (exact) mass is 730 g/mol. The van der Waals surface area contributed by atoms with Crippen LogP contribution >= 0.6 is 0 Å². The molecule has 6 heteroatoms. The Morgan fingerprint density at radius 2 is 0.982 bits per heavy atom. The summed E-state index contributed by atoms with van der Waals surface area (Å²) in [5.41, 5.74) is 11.4. The van der Waals surface area contributed by atoms with Crippen LogP contribution in [-0.4, -0.2) is 19.5 Å². The van der Waals surface area contributed by atoms with Crippen molar-refractivity contribution in [1.82, 2.24) is 19.5 Å². The molecule has 4 heterocycles. The molecule has 0 fully saturated rings. The number of hydrogen-bond acceptors (Lipinski definition) is 5. The van der Waals surface area contributed by atoms with E-state index in [-0.39, 0.29) is 0 Å². The molecule has 6 nitrogen and oxygen atoms in total. The minimum Gasteiger partial charge on any atom is -0.456 e. The Kier molecular flexibility index (Phi) is 6.83. The van der Waals surface area contributed by atoms with Gasteiger partial charge in [0, 0.05) is 49.1 Å². The van der Waals surface area contributed by atoms with Crippen LogP contribution in [0.1, 0.15) is 0 Å². The number of benzene rings is 8. The molecule has 0 atom stereocenters. The van der Waals surface area contributed by atoms with Crippen molar-refractivity contribution in [2.75, 3.05) is 0 Å². The van der Waals surface area contributed by atoms with Crippen molar-refractivity contribution in [3.8, 4) is 51.0 Å². The van der Waals surface area contributed by atoms with E-state index >= 15 is 0 Å². The van der Waals surface area contributed by atoms with Crippen molar-refractivity contribution in [3.63, 3.8) is 0 Å². The van der Waals surface area contributed by atoms with Gasteiger partial charge in [-0.25, -0.2) is 15.0 Å². The number of nitrogens with zero attached hydrogens (tertiary/aromatic N) is 4. The Labute approximate surface area is 325 Å². The summed E-state index contributed by atoms with van der Waals surface area (Å²) in [5, 5.41) is 6.59. The predicted molar refractivity (Wildman–Crippen MR) is 230 cm³/mol. The molecule has 0 spiro atoms. The first-order chi connectivity index (χ1) is 28.2. The van der Waals surface area contributed by atoms with Crippen LogP contribution in [-0.2, 0) is 0 Å². The summed E-state index contributed by atoms with van der Waals surface area (Å²) in [5.74, 6) is 1.67. The third-order valence-corrected chi connectivity index (χ3v) is 11.1. The van der Waals surface area contributed by atoms with Crippen LogP contribution in [0.3, 0.4) is 0 Å². The highest BCUT2D eigenvalue weighted by atomic mass is 16.3. The molecule has 0 saturated heterocycles. The number of hydrogen-bond donors (Lipinski definition) is 0. The molecular weight excluding hydrogens is 701 g/mol. The molecule has 0 bridgehead atoms. The molecular formula is C51H30N4O2. The second-order valence-corrected chi connectivity index (χ2v) is 14.4. The van der Waals surface area contributed by atoms with Crippen molar-refractivity contribution in [2.24, 2.45) is 0 Å². The summed E-state index contributed by atoms with van der Waals surface area (Å²) in [6, 6.07) is 62.8. The largest absolute Gasteiger partial charge is 0.456 e. The zero-order valence-corrected chi connectivity index (χ0v) is 30.4. The molecule has 0 saturated carbocycles. The van der Waals surface area contributed by atoms with Gasteiger partial charge in [0.15, 0.2) is 17.5 Å². The molecule has 0 aliphatic rings. The van der Waals surface area contributed by atoms with E-state index in [1.165, 1.54) is 16.3 Å². The first kappa shape index (κ1) is 31.5. The second-order valence-electron chi connectivity index (χ2n) is 14.4. The van der Waals surface area contributed by atoms with E-state index < -0.39 is 0 Å². The second kappa shape index (κ2) is 12.3. The van der Waals surface area contributed by atoms with E-state index in [2.05, 4.69) is 120 Å². The summed E-state index contributed by atoms with van der Waals surface area (Å²) in [6.45, 7) is 0. The number of aromatic nitrogens is 4. The Morgan fingerprint density at radius 1 is 0.351 bits per heavy atom. The molecule has 0 aliphatic heterocycles. The number of para-hydroxylation sites is 4. The van der Waals surface area contributed by atoms with Gasteiger partial charge in [-0.1, -0.05) is 121 Å². The van der Waals surface area contributed by atoms with E-state index in [1.54, 1.807) is 0 Å². The first-order valence-electron chi connectivity index (χ1n) is 19.0. The topological polar surface area (TPSA) is 69.9 Å². The van der Waals surface area contributed by atoms with Gasteiger partial charge in [0.1, 0.15) is 22.3 Å². The lowest BCUT2D eigenvalue weighted by Gasteiger charge is -2.09. The molecule has 0 aliphatic carbocycles. The molecule has 0 radical (unpaired) electrons. The maximum Gasteiger partial charge on any atom is 0.167 e. The van der Waals surface area contributed by atoms with Crippen LogP contribution in [0.4, 0.5) is 0 Å². The summed E-state index contributed by atoms with van der Waals surface area (Å²) in [7, 11) is 0. The standard InChI is InChI=1S/C51H30N4O2/c1-3-13-31(14-4-1)49-52-50(33-25-27-38-37-18-8-10-23-44(37)56-46(38)30-33)54-51(53-49)40-21-11-20-39-47-35(19-12-24-45(47)57-48(39)40)32-26-28-43-41(29-32)36-17-7-9-22-42(36)55(43)34-15-5-2-6-16-34/h1-30H. The van der Waals surface area contributed by atoms with E-state index in [4.69, 9.17) is 23.8 Å². The van der Waals surface area contributed by atoms with Gasteiger partial charge < -0.3 is 13.4 Å². The van der Waals surface area contributed by atoms with E-state index in [9.17, 15) is 0 Å². The lowest BCUT2D eigenvalue weighted by atomic mass is 9.97. The number of furan rings is 2. The maximum atomic E-state index is 6.78. The van der Waals surface area contributed by atoms with Gasteiger partial charge in [0.05, 0.1) is 16.6 Å². The predicted octanol–water partition coefficient (Wildman–Crippen LogP) is 13.4. The van der Waals surface area contributed by atoms with Crippen molar-refractivity contribution in [2.45, 2.75) is 0 Å². The van der Waals surface area contributed by atoms with Gasteiger partial charge in [-0.2, -0.15) is 0 Å². The lowest BCUT2D eigenvalue weighted by molar-refractivity contribution is 0.668. The smallest absolute Gasteiger partial charge is 0.167 e. The van der Waals surface area contributed by atoms with Gasteiger partial charge in [-0.15, -0.1) is 0 Å². The number of rotatable bonds is 5. The molecule has 12 aromatic rings. The summed E-state index contributed by atoms with van der Waals surface area (Å²) in [6.07, 6.45) is 0. The lowest BCUT2D eigenvalue weighted by Crippen LogP contribution is -2.00. The van der Waals surface area contributed by atoms with E-state index in [0.717, 1.165) is 82.9 Å². The van der Waals surface area contributed by atoms with E-state index in [0.29, 0.717) is 17.5 Å². The Morgan fingerprint density at radius 3 is 1.86 bits per heavy atom. The third-order valence-electron chi connectivity index (χ3n) is 11.1. The first-order valence-corrected chi connectivity index (χ1v) is 19.0. The highest BCUT2D eigenvalue weighted by Gasteiger charge is 2.21. The Hall–Kier alpha value is -7.83. The zero-order valence-electron chi connectivity index (χ0n) is 30.4. The number of fused-ring (bicyclic) bond motifs is 9. The van der Waals surface area contributed by atoms with Gasteiger partial charge in [0.25, 0.3) is 0 Å². The Balaban J connectivity index is 1.04. The fourth-order valence-electron chi connectivity index (χ4n) is 8.47. The van der Waals surface area contributed by atoms with Gasteiger partial charge in [-0.3, -0.25) is 0 Å². The molecule has 0 amide bonds. The van der Waals surface area contributed by atoms with Gasteiger partial charge in [-0.05, 0) is 71.8 Å². The van der Waals surface area contributed by atoms with Crippen molar-refractivity contribution < 1.29 is 8.83 Å². The van der Waals surface area contributed by atoms with E-state index in [1.807, 2.05) is 66.7 Å². The van der Waals surface area contributed by atoms with Gasteiger partial charge in [0.2, 0.25) is 0 Å². The molecule has 8 aromatic carbocycles. The van der Waals surface area contributed by atoms with Crippen LogP contribution in [0.2, 0.25) is 0 Å². The zero-order chi connectivity index (χ0) is 37.5. The van der Waals surface area contributed by atoms with Crippen LogP contribution in [0, 0.1) is 0 Å². The van der Waals surface area contributed by atoms with Crippen LogP contribution in [0.15, 0.2) is 191 Å². The highest BCUT2D eigenvalue weighted by Crippen LogP contribution is 2.42. The molecule has 0 N–H and O–H groups in total. The van der Waals surface area contributed by atoms with Crippen LogP contribution in [0.5, 0.6) is 0 Å². The summed E-state index contributed by atoms with van der Waals surface area (Å²) in [4.78, 5) is 15.2. The molecule has 4 aromatic heterocycles. The molecule has 266 valence electrons. The van der Waals surface area contributed by atoms with Gasteiger partial charge >= 0.3 is 0 Å². The fourth-order valence-corrected chi connectivity index (χ4v) is 8.47. The minimum atomic E-state index is 0.532. The SMILES string of the molecule is c1ccc(-c2nc(-c3ccc4c(c3)oc3ccccc34)nc(-c3cccc4c3oc3cccc(-c5ccc6c(c5)c5ccccc5n6-c5ccccc5)c34)n2)cc1. The van der Waals surface area contributed by atoms with Crippen molar-refractivity contribution in [3.05, 3.63) is 182 Å². The molecule has 0 unspecified atom stereocenters. The summed E-state index contributed by atoms with van der Waals surface area (Å²) >= 11 is 0. The Bertz CT molecular complexity index is 3530. The highest BCUT2D eigenvalue weighted by molar-refractivity contribution is 6.17. The van der Waals surface area contributed by atoms with Crippen LogP contribution in [0.25, 0.3) is 117 Å². The minimum absolute atomic E-state index is 0.532. The molecule has 12 rings (SSSR count).